The van der Waals surface area contributed by atoms with Crippen LogP contribution in [0.4, 0.5) is 87.8 Å². The van der Waals surface area contributed by atoms with Crippen LogP contribution in [0.15, 0.2) is 80.1 Å². The maximum absolute atomic E-state index is 16.4. The molecule has 0 spiro atoms. The number of aromatic amines is 3. The largest absolute Gasteiger partial charge is 0.462 e. The first-order valence-electron chi connectivity index (χ1n) is 24.9. The lowest BCUT2D eigenvalue weighted by Crippen LogP contribution is -2.21. The highest BCUT2D eigenvalue weighted by atomic mass is 19.2. The van der Waals surface area contributed by atoms with Crippen LogP contribution in [-0.4, -0.2) is 51.5 Å². The Morgan fingerprint density at radius 2 is 0.586 bits per heavy atom. The number of fused-ring (bicyclic) bond motifs is 8. The molecule has 450 valence electrons. The summed E-state index contributed by atoms with van der Waals surface area (Å²) in [6, 6.07) is 3.85. The molecular weight excluding hydrogens is 1210 g/mol. The fraction of sp³-hybridized carbons (Fsp3) is 0.138. The van der Waals surface area contributed by atoms with E-state index in [9.17, 15) is 27.2 Å². The van der Waals surface area contributed by atoms with Crippen molar-refractivity contribution in [3.8, 4) is 0 Å². The second-order valence-electron chi connectivity index (χ2n) is 18.9. The minimum absolute atomic E-state index is 0.430. The second kappa shape index (κ2) is 22.3. The Bertz CT molecular complexity index is 4210. The van der Waals surface area contributed by atoms with Crippen LogP contribution in [0.5, 0.6) is 0 Å². The first kappa shape index (κ1) is 60.4. The molecule has 29 heteroatoms. The number of carbonyl (C=O) groups excluding carboxylic acids is 2. The zero-order valence-corrected chi connectivity index (χ0v) is 43.9. The molecule has 4 aromatic carbocycles. The van der Waals surface area contributed by atoms with E-state index in [1.54, 1.807) is 0 Å². The summed E-state index contributed by atoms with van der Waals surface area (Å²) in [5, 5.41) is -2.03. The highest BCUT2D eigenvalue weighted by Crippen LogP contribution is 2.45. The molecule has 9 nitrogen and oxygen atoms in total. The van der Waals surface area contributed by atoms with E-state index in [4.69, 9.17) is 9.47 Å². The van der Waals surface area contributed by atoms with Crippen molar-refractivity contribution in [3.05, 3.63) is 242 Å². The molecule has 6 heterocycles. The summed E-state index contributed by atoms with van der Waals surface area (Å²) < 4.78 is 324. The van der Waals surface area contributed by atoms with Gasteiger partial charge in [0.25, 0.3) is 0 Å². The third-order valence-corrected chi connectivity index (χ3v) is 14.1. The first-order chi connectivity index (χ1) is 41.1. The van der Waals surface area contributed by atoms with Crippen molar-refractivity contribution in [2.75, 3.05) is 13.2 Å². The molecule has 3 aliphatic heterocycles. The molecule has 3 aromatic heterocycles. The van der Waals surface area contributed by atoms with Crippen molar-refractivity contribution in [1.29, 1.82) is 0 Å². The van der Waals surface area contributed by atoms with Crippen LogP contribution in [-0.2, 0) is 19.1 Å². The maximum atomic E-state index is 16.4. The Hall–Kier alpha value is -9.70. The SMILES string of the molecule is CCOC(=O)C1=C(C)/C2=C(\c3c(F)c(F)c(F)c(F)c3F)c3ccc([nH]3)/C(c3c(F)c(F)c(F)c(F)c3F)=c3/cc/c([nH]3)=C(\c3c(F)c(F)c(F)c(F)c3F)c3ccc([nH]3)/C(c3c(F)c(F)c(F)c(F)c3F)=C3\N=C(CCC1=N2)C(C(=O)OCC)=C3C. The number of halogens is 20. The van der Waals surface area contributed by atoms with Gasteiger partial charge in [-0.1, -0.05) is 0 Å². The monoisotopic (exact) mass is 1240 g/mol. The predicted octanol–water partition coefficient (Wildman–Crippen LogP) is 12.9. The van der Waals surface area contributed by atoms with Gasteiger partial charge in [-0.3, -0.25) is 9.98 Å². The van der Waals surface area contributed by atoms with Crippen LogP contribution >= 0.6 is 0 Å². The van der Waals surface area contributed by atoms with Gasteiger partial charge in [-0.15, -0.1) is 0 Å². The number of benzene rings is 4. The van der Waals surface area contributed by atoms with Crippen LogP contribution in [0.2, 0.25) is 0 Å². The van der Waals surface area contributed by atoms with E-state index in [0.717, 1.165) is 13.8 Å². The van der Waals surface area contributed by atoms with Crippen LogP contribution in [0.25, 0.3) is 22.3 Å². The van der Waals surface area contributed by atoms with E-state index in [2.05, 4.69) is 24.9 Å². The summed E-state index contributed by atoms with van der Waals surface area (Å²) in [5.41, 5.74) is -21.8. The summed E-state index contributed by atoms with van der Waals surface area (Å²) in [5.74, 6) is -55.8. The summed E-state index contributed by atoms with van der Waals surface area (Å²) in [7, 11) is 0. The quantitative estimate of drug-likeness (QED) is 0.0607. The van der Waals surface area contributed by atoms with Gasteiger partial charge in [0.15, 0.2) is 93.1 Å². The number of aliphatic imine (C=N–C) groups is 2. The molecule has 7 aromatic rings. The molecule has 87 heavy (non-hydrogen) atoms. The molecule has 10 rings (SSSR count). The molecule has 0 aliphatic carbocycles. The number of allylic oxidation sites excluding steroid dienone is 2. The Morgan fingerprint density at radius 3 is 0.839 bits per heavy atom. The number of carbonyl (C=O) groups is 2. The molecule has 3 aliphatic rings. The lowest BCUT2D eigenvalue weighted by atomic mass is 9.93. The van der Waals surface area contributed by atoms with Crippen molar-refractivity contribution in [2.45, 2.75) is 40.5 Å². The highest BCUT2D eigenvalue weighted by Gasteiger charge is 2.40. The van der Waals surface area contributed by atoms with E-state index >= 15 is 70.2 Å². The Morgan fingerprint density at radius 1 is 0.356 bits per heavy atom. The number of H-pyrrole nitrogens is 3. The Kier molecular flexibility index (Phi) is 15.5. The molecule has 10 bridgehead atoms. The lowest BCUT2D eigenvalue weighted by molar-refractivity contribution is -0.138. The van der Waals surface area contributed by atoms with Crippen LogP contribution in [0, 0.1) is 116 Å². The van der Waals surface area contributed by atoms with Gasteiger partial charge in [-0.05, 0) is 88.1 Å². The molecule has 0 fully saturated rings. The Labute approximate surface area is 472 Å². The topological polar surface area (TPSA) is 125 Å². The summed E-state index contributed by atoms with van der Waals surface area (Å²) >= 11 is 0. The standard InChI is InChI=1S/C58H29F20N5O4/c1-5-86-57(84)25-15(3)55-29(33-39(63)47(71)53(77)48(72)40(33)64)23-13-11-21(80-23)27(31-35(59)43(67)51(75)44(68)36(31)60)19-9-10-20(79-19)28(32-37(61)45(69)52(76)46(70)38(32)62)22-12-14-24(81-22)30(34-41(65)49(73)54(78)50(74)42(34)66)56-16(4)26(58(85)87-6-2)18(83-56)8-7-17(25)82-55/h9-14,79-81H,5-8H2,1-4H3/b27-19+,28-20+,55-29+,56-30+. The molecule has 0 amide bonds. The van der Waals surface area contributed by atoms with E-state index in [0.29, 0.717) is 36.4 Å². The molecule has 0 atom stereocenters. The van der Waals surface area contributed by atoms with E-state index in [-0.39, 0.29) is 0 Å². The van der Waals surface area contributed by atoms with Crippen molar-refractivity contribution in [3.63, 3.8) is 0 Å². The predicted molar refractivity (Wildman–Crippen MR) is 265 cm³/mol. The normalized spacial score (nSPS) is 17.6. The van der Waals surface area contributed by atoms with Crippen molar-refractivity contribution in [2.24, 2.45) is 9.98 Å². The van der Waals surface area contributed by atoms with Crippen molar-refractivity contribution < 1.29 is 107 Å². The van der Waals surface area contributed by atoms with Gasteiger partial charge in [0.05, 0.1) is 69.4 Å². The number of hydrogen-bond donors (Lipinski definition) is 3. The van der Waals surface area contributed by atoms with Gasteiger partial charge in [-0.2, -0.15) is 0 Å². The smallest absolute Gasteiger partial charge is 0.340 e. The zero-order valence-electron chi connectivity index (χ0n) is 43.9. The average molecular weight is 1240 g/mol. The Balaban J connectivity index is 1.46. The second-order valence-corrected chi connectivity index (χ2v) is 18.9. The summed E-state index contributed by atoms with van der Waals surface area (Å²) in [6.07, 6.45) is -1.54. The molecule has 0 saturated heterocycles. The van der Waals surface area contributed by atoms with E-state index in [1.807, 2.05) is 0 Å². The van der Waals surface area contributed by atoms with Gasteiger partial charge in [0, 0.05) is 55.8 Å². The van der Waals surface area contributed by atoms with Gasteiger partial charge >= 0.3 is 11.9 Å². The van der Waals surface area contributed by atoms with Gasteiger partial charge in [0.2, 0.25) is 23.3 Å². The number of nitrogens with one attached hydrogen (secondary N) is 3. The third-order valence-electron chi connectivity index (χ3n) is 14.1. The number of hydrogen-bond acceptors (Lipinski definition) is 6. The average Bonchev–Trinajstić information content (AvgIpc) is 3.83. The number of ether oxygens (including phenoxy) is 2. The minimum atomic E-state index is -2.77. The van der Waals surface area contributed by atoms with Crippen LogP contribution in [0.3, 0.4) is 0 Å². The molecule has 0 unspecified atom stereocenters. The number of aromatic nitrogens is 3. The van der Waals surface area contributed by atoms with Gasteiger partial charge in [-0.25, -0.2) is 97.4 Å². The van der Waals surface area contributed by atoms with E-state index in [1.165, 1.54) is 13.8 Å². The molecule has 0 radical (unpaired) electrons. The summed E-state index contributed by atoms with van der Waals surface area (Å²) in [6.45, 7) is 3.74. The van der Waals surface area contributed by atoms with E-state index < -0.39 is 277 Å². The molecular formula is C58H29F20N5O4. The zero-order chi connectivity index (χ0) is 63.4. The third kappa shape index (κ3) is 9.35. The van der Waals surface area contributed by atoms with Crippen molar-refractivity contribution >= 4 is 45.7 Å². The number of rotatable bonds is 8. The maximum Gasteiger partial charge on any atom is 0.340 e. The van der Waals surface area contributed by atoms with Gasteiger partial charge in [0.1, 0.15) is 0 Å². The number of esters is 2. The van der Waals surface area contributed by atoms with Crippen LogP contribution in [0.1, 0.15) is 85.6 Å². The minimum Gasteiger partial charge on any atom is -0.462 e. The first-order valence-corrected chi connectivity index (χ1v) is 24.9. The highest BCUT2D eigenvalue weighted by molar-refractivity contribution is 6.27. The number of nitrogens with zero attached hydrogens (tertiary/aromatic N) is 2. The molecule has 3 N–H and O–H groups in total. The lowest BCUT2D eigenvalue weighted by Gasteiger charge is -2.15. The summed E-state index contributed by atoms with van der Waals surface area (Å²) in [4.78, 5) is 43.6. The molecule has 0 saturated carbocycles. The fourth-order valence-electron chi connectivity index (χ4n) is 10.2. The fourth-order valence-corrected chi connectivity index (χ4v) is 10.2. The van der Waals surface area contributed by atoms with Crippen LogP contribution < -0.4 is 10.7 Å². The van der Waals surface area contributed by atoms with Gasteiger partial charge < -0.3 is 24.4 Å². The van der Waals surface area contributed by atoms with Crippen molar-refractivity contribution in [1.82, 2.24) is 15.0 Å².